The summed E-state index contributed by atoms with van der Waals surface area (Å²) in [6.45, 7) is 6.92. The van der Waals surface area contributed by atoms with Crippen LogP contribution in [0.3, 0.4) is 0 Å². The fourth-order valence-corrected chi connectivity index (χ4v) is 5.17. The van der Waals surface area contributed by atoms with Crippen LogP contribution in [0.4, 0.5) is 0 Å². The zero-order valence-electron chi connectivity index (χ0n) is 17.5. The number of nitrogens with zero attached hydrogens (tertiary/aromatic N) is 3. The Hall–Kier alpha value is -2.35. The molecule has 4 rings (SSSR count). The summed E-state index contributed by atoms with van der Waals surface area (Å²) in [5.74, 6) is 1.10. The van der Waals surface area contributed by atoms with Gasteiger partial charge in [-0.15, -0.1) is 0 Å². The molecule has 1 saturated heterocycles. The smallest absolute Gasteiger partial charge is 0.240 e. The Morgan fingerprint density at radius 3 is 2.63 bits per heavy atom. The number of benzene rings is 2. The van der Waals surface area contributed by atoms with Crippen LogP contribution in [-0.2, 0) is 16.6 Å². The Balaban J connectivity index is 1.38. The highest BCUT2D eigenvalue weighted by Gasteiger charge is 2.23. The fraction of sp³-hybridized carbons (Fsp3) is 0.391. The lowest BCUT2D eigenvalue weighted by Gasteiger charge is -2.32. The Bertz CT molecular complexity index is 1130. The number of hydrogen-bond donors (Lipinski definition) is 1. The molecule has 0 amide bonds. The van der Waals surface area contributed by atoms with Gasteiger partial charge in [0.15, 0.2) is 0 Å². The van der Waals surface area contributed by atoms with Crippen LogP contribution in [-0.4, -0.2) is 42.9 Å². The predicted octanol–water partition coefficient (Wildman–Crippen LogP) is 3.44. The van der Waals surface area contributed by atoms with Gasteiger partial charge in [0.05, 0.1) is 17.0 Å². The highest BCUT2D eigenvalue weighted by Crippen LogP contribution is 2.20. The molecule has 158 valence electrons. The van der Waals surface area contributed by atoms with E-state index < -0.39 is 10.0 Å². The van der Waals surface area contributed by atoms with Gasteiger partial charge in [-0.1, -0.05) is 35.9 Å². The molecule has 0 spiro atoms. The van der Waals surface area contributed by atoms with Crippen molar-refractivity contribution in [1.82, 2.24) is 19.6 Å². The van der Waals surface area contributed by atoms with Gasteiger partial charge in [-0.3, -0.25) is 4.90 Å². The van der Waals surface area contributed by atoms with Gasteiger partial charge in [-0.25, -0.2) is 23.1 Å². The average Bonchev–Trinajstić information content (AvgIpc) is 2.73. The van der Waals surface area contributed by atoms with Crippen molar-refractivity contribution >= 4 is 20.9 Å². The van der Waals surface area contributed by atoms with Crippen LogP contribution < -0.4 is 4.72 Å². The van der Waals surface area contributed by atoms with Gasteiger partial charge in [-0.2, -0.15) is 0 Å². The van der Waals surface area contributed by atoms with Crippen molar-refractivity contribution in [3.8, 4) is 0 Å². The summed E-state index contributed by atoms with van der Waals surface area (Å²) in [5.41, 5.74) is 3.01. The van der Waals surface area contributed by atoms with Crippen molar-refractivity contribution < 1.29 is 8.42 Å². The van der Waals surface area contributed by atoms with Gasteiger partial charge in [0.25, 0.3) is 0 Å². The number of fused-ring (bicyclic) bond motifs is 1. The molecule has 1 fully saturated rings. The third-order valence-electron chi connectivity index (χ3n) is 5.70. The Kier molecular flexibility index (Phi) is 6.13. The number of sulfonamides is 1. The van der Waals surface area contributed by atoms with Crippen LogP contribution in [0.2, 0.25) is 0 Å². The number of piperidine rings is 1. The third kappa shape index (κ3) is 4.86. The molecule has 1 aromatic heterocycles. The van der Waals surface area contributed by atoms with Gasteiger partial charge < -0.3 is 0 Å². The highest BCUT2D eigenvalue weighted by atomic mass is 32.2. The standard InChI is InChI=1S/C23H28N4O2S/c1-17-9-11-20(12-10-17)30(28,29)24-14-19-6-5-13-27(15-19)16-23-25-18(2)21-7-3-4-8-22(21)26-23/h3-4,7-12,19,24H,5-6,13-16H2,1-2H3. The number of nitrogens with one attached hydrogen (secondary N) is 1. The van der Waals surface area contributed by atoms with Gasteiger partial charge in [0.1, 0.15) is 5.82 Å². The Morgan fingerprint density at radius 2 is 1.83 bits per heavy atom. The largest absolute Gasteiger partial charge is 0.296 e. The molecule has 30 heavy (non-hydrogen) atoms. The molecule has 1 aliphatic rings. The van der Waals surface area contributed by atoms with Gasteiger partial charge >= 0.3 is 0 Å². The predicted molar refractivity (Wildman–Crippen MR) is 119 cm³/mol. The Labute approximate surface area is 178 Å². The molecule has 2 heterocycles. The Morgan fingerprint density at radius 1 is 1.07 bits per heavy atom. The maximum atomic E-state index is 12.6. The van der Waals surface area contributed by atoms with Crippen LogP contribution in [0.25, 0.3) is 10.9 Å². The second-order valence-corrected chi connectivity index (χ2v) is 9.92. The molecule has 0 radical (unpaired) electrons. The van der Waals surface area contributed by atoms with E-state index in [1.807, 2.05) is 50.2 Å². The molecule has 2 aromatic carbocycles. The third-order valence-corrected chi connectivity index (χ3v) is 7.14. The van der Waals surface area contributed by atoms with Crippen molar-refractivity contribution in [1.29, 1.82) is 0 Å². The van der Waals surface area contributed by atoms with Crippen LogP contribution in [0.15, 0.2) is 53.4 Å². The van der Waals surface area contributed by atoms with Crippen LogP contribution in [0, 0.1) is 19.8 Å². The lowest BCUT2D eigenvalue weighted by molar-refractivity contribution is 0.165. The topological polar surface area (TPSA) is 75.2 Å². The summed E-state index contributed by atoms with van der Waals surface area (Å²) < 4.78 is 27.9. The molecule has 0 saturated carbocycles. The summed E-state index contributed by atoms with van der Waals surface area (Å²) in [5, 5.41) is 1.09. The normalized spacial score (nSPS) is 18.0. The maximum absolute atomic E-state index is 12.6. The summed E-state index contributed by atoms with van der Waals surface area (Å²) in [4.78, 5) is 12.1. The zero-order chi connectivity index (χ0) is 21.1. The fourth-order valence-electron chi connectivity index (χ4n) is 4.06. The molecule has 6 nitrogen and oxygen atoms in total. The first-order valence-electron chi connectivity index (χ1n) is 10.4. The minimum Gasteiger partial charge on any atom is -0.296 e. The molecule has 1 aliphatic heterocycles. The quantitative estimate of drug-likeness (QED) is 0.656. The zero-order valence-corrected chi connectivity index (χ0v) is 18.3. The van der Waals surface area contributed by atoms with Crippen LogP contribution >= 0.6 is 0 Å². The van der Waals surface area contributed by atoms with Gasteiger partial charge in [0.2, 0.25) is 10.0 Å². The molecule has 1 N–H and O–H groups in total. The second-order valence-electron chi connectivity index (χ2n) is 8.15. The summed E-state index contributed by atoms with van der Waals surface area (Å²) in [6, 6.07) is 15.0. The minimum atomic E-state index is -3.48. The van der Waals surface area contributed by atoms with E-state index in [4.69, 9.17) is 4.98 Å². The molecular weight excluding hydrogens is 396 g/mol. The van der Waals surface area contributed by atoms with Crippen molar-refractivity contribution in [3.05, 3.63) is 65.6 Å². The first kappa shape index (κ1) is 20.9. The summed E-state index contributed by atoms with van der Waals surface area (Å²) >= 11 is 0. The lowest BCUT2D eigenvalue weighted by atomic mass is 9.98. The number of rotatable bonds is 6. The molecule has 0 aliphatic carbocycles. The summed E-state index contributed by atoms with van der Waals surface area (Å²) in [7, 11) is -3.48. The van der Waals surface area contributed by atoms with E-state index in [0.717, 1.165) is 53.9 Å². The number of hydrogen-bond acceptors (Lipinski definition) is 5. The van der Waals surface area contributed by atoms with Crippen LogP contribution in [0.1, 0.15) is 29.9 Å². The van der Waals surface area contributed by atoms with Crippen molar-refractivity contribution in [2.75, 3.05) is 19.6 Å². The number of likely N-dealkylation sites (tertiary alicyclic amines) is 1. The minimum absolute atomic E-state index is 0.278. The van der Waals surface area contributed by atoms with Crippen LogP contribution in [0.5, 0.6) is 0 Å². The van der Waals surface area contributed by atoms with Crippen molar-refractivity contribution in [2.45, 2.75) is 38.1 Å². The van der Waals surface area contributed by atoms with E-state index in [9.17, 15) is 8.42 Å². The molecule has 3 aromatic rings. The average molecular weight is 425 g/mol. The number of aryl methyl sites for hydroxylation is 2. The SMILES string of the molecule is Cc1ccc(S(=O)(=O)NCC2CCCN(Cc3nc(C)c4ccccc4n3)C2)cc1. The molecule has 0 bridgehead atoms. The number of para-hydroxylation sites is 1. The maximum Gasteiger partial charge on any atom is 0.240 e. The first-order valence-corrected chi connectivity index (χ1v) is 11.9. The molecular formula is C23H28N4O2S. The second kappa shape index (κ2) is 8.79. The molecule has 7 heteroatoms. The monoisotopic (exact) mass is 424 g/mol. The van der Waals surface area contributed by atoms with Crippen molar-refractivity contribution in [3.63, 3.8) is 0 Å². The highest BCUT2D eigenvalue weighted by molar-refractivity contribution is 7.89. The van der Waals surface area contributed by atoms with Gasteiger partial charge in [-0.05, 0) is 57.4 Å². The van der Waals surface area contributed by atoms with E-state index >= 15 is 0 Å². The van der Waals surface area contributed by atoms with E-state index in [0.29, 0.717) is 18.0 Å². The molecule has 1 unspecified atom stereocenters. The van der Waals surface area contributed by atoms with Gasteiger partial charge in [0, 0.05) is 24.2 Å². The lowest BCUT2D eigenvalue weighted by Crippen LogP contribution is -2.40. The summed E-state index contributed by atoms with van der Waals surface area (Å²) in [6.07, 6.45) is 2.06. The molecule has 1 atom stereocenters. The van der Waals surface area contributed by atoms with Crippen molar-refractivity contribution in [2.24, 2.45) is 5.92 Å². The van der Waals surface area contributed by atoms with E-state index in [1.54, 1.807) is 12.1 Å². The van der Waals surface area contributed by atoms with E-state index in [-0.39, 0.29) is 5.92 Å². The first-order chi connectivity index (χ1) is 14.4. The number of aromatic nitrogens is 2. The van der Waals surface area contributed by atoms with E-state index in [2.05, 4.69) is 14.6 Å². The van der Waals surface area contributed by atoms with E-state index in [1.165, 1.54) is 0 Å².